The second kappa shape index (κ2) is 7.84. The predicted molar refractivity (Wildman–Crippen MR) is 84.0 cm³/mol. The highest BCUT2D eigenvalue weighted by Gasteiger charge is 2.08. The number of carbonyl (C=O) groups excluding carboxylic acids is 1. The number of nitrogens with zero attached hydrogens (tertiary/aromatic N) is 2. The Balaban J connectivity index is 1.87. The summed E-state index contributed by atoms with van der Waals surface area (Å²) in [5, 5.41) is 8.83. The van der Waals surface area contributed by atoms with Gasteiger partial charge in [-0.2, -0.15) is 0 Å². The zero-order chi connectivity index (χ0) is 14.4. The molecule has 0 aliphatic carbocycles. The van der Waals surface area contributed by atoms with E-state index >= 15 is 0 Å². The van der Waals surface area contributed by atoms with Gasteiger partial charge in [0, 0.05) is 10.8 Å². The lowest BCUT2D eigenvalue weighted by Crippen LogP contribution is -2.31. The molecule has 106 valence electrons. The summed E-state index contributed by atoms with van der Waals surface area (Å²) in [5.74, 6) is 5.74. The second-order valence-corrected chi connectivity index (χ2v) is 7.40. The second-order valence-electron chi connectivity index (χ2n) is 3.57. The third kappa shape index (κ3) is 4.64. The van der Waals surface area contributed by atoms with Gasteiger partial charge in [-0.05, 0) is 11.6 Å². The summed E-state index contributed by atoms with van der Waals surface area (Å²) in [5.41, 5.74) is 3.13. The van der Waals surface area contributed by atoms with Crippen molar-refractivity contribution in [2.45, 2.75) is 14.4 Å². The van der Waals surface area contributed by atoms with Gasteiger partial charge < -0.3 is 0 Å². The van der Waals surface area contributed by atoms with Gasteiger partial charge in [0.25, 0.3) is 0 Å². The fraction of sp³-hybridized carbons (Fsp3) is 0.182. The molecule has 0 aliphatic heterocycles. The Kier molecular flexibility index (Phi) is 6.11. The first kappa shape index (κ1) is 15.6. The van der Waals surface area contributed by atoms with Crippen LogP contribution in [-0.4, -0.2) is 21.9 Å². The molecule has 0 unspecified atom stereocenters. The molecule has 0 spiro atoms. The normalized spacial score (nSPS) is 10.5. The first-order valence-corrected chi connectivity index (χ1v) is 8.67. The fourth-order valence-electron chi connectivity index (χ4n) is 1.24. The number of benzene rings is 1. The van der Waals surface area contributed by atoms with Crippen molar-refractivity contribution in [2.75, 3.05) is 5.75 Å². The molecule has 0 radical (unpaired) electrons. The van der Waals surface area contributed by atoms with Crippen molar-refractivity contribution in [1.82, 2.24) is 15.6 Å². The number of amides is 1. The number of rotatable bonds is 6. The van der Waals surface area contributed by atoms with Crippen LogP contribution in [0.3, 0.4) is 0 Å². The molecular weight excluding hydrogens is 336 g/mol. The molecule has 2 rings (SSSR count). The van der Waals surface area contributed by atoms with Crippen LogP contribution in [0.25, 0.3) is 0 Å². The van der Waals surface area contributed by atoms with Crippen LogP contribution >= 0.6 is 46.5 Å². The maximum Gasteiger partial charge on any atom is 0.244 e. The topological polar surface area (TPSA) is 80.9 Å². The van der Waals surface area contributed by atoms with Crippen LogP contribution in [0.2, 0.25) is 5.02 Å². The van der Waals surface area contributed by atoms with Gasteiger partial charge in [-0.15, -0.1) is 10.2 Å². The van der Waals surface area contributed by atoms with Crippen molar-refractivity contribution in [3.63, 3.8) is 0 Å². The summed E-state index contributed by atoms with van der Waals surface area (Å²) >= 11 is 10.4. The lowest BCUT2D eigenvalue weighted by atomic mass is 10.2. The van der Waals surface area contributed by atoms with Gasteiger partial charge in [-0.25, -0.2) is 5.84 Å². The summed E-state index contributed by atoms with van der Waals surface area (Å²) in [6.07, 6.45) is 0. The van der Waals surface area contributed by atoms with E-state index < -0.39 is 0 Å². The minimum absolute atomic E-state index is 0.236. The molecule has 5 nitrogen and oxygen atoms in total. The van der Waals surface area contributed by atoms with Crippen molar-refractivity contribution >= 4 is 52.4 Å². The molecule has 1 amide bonds. The molecule has 20 heavy (non-hydrogen) atoms. The van der Waals surface area contributed by atoms with Crippen molar-refractivity contribution in [3.8, 4) is 0 Å². The average Bonchev–Trinajstić information content (AvgIpc) is 2.92. The van der Waals surface area contributed by atoms with E-state index in [4.69, 9.17) is 17.4 Å². The third-order valence-corrected chi connectivity index (χ3v) is 5.79. The van der Waals surface area contributed by atoms with Crippen molar-refractivity contribution in [2.24, 2.45) is 5.84 Å². The highest BCUT2D eigenvalue weighted by Crippen LogP contribution is 2.31. The van der Waals surface area contributed by atoms with Gasteiger partial charge in [0.1, 0.15) is 0 Å². The number of hydrogen-bond acceptors (Lipinski definition) is 7. The first-order chi connectivity index (χ1) is 9.69. The number of hydrazine groups is 1. The zero-order valence-electron chi connectivity index (χ0n) is 10.2. The fourth-order valence-corrected chi connectivity index (χ4v) is 4.35. The summed E-state index contributed by atoms with van der Waals surface area (Å²) in [7, 11) is 0. The molecule has 0 aliphatic rings. The standard InChI is InChI=1S/C11H11ClN4OS3/c12-8-4-2-1-3-7(8)5-18-10-15-16-11(20-10)19-6-9(17)14-13/h1-4H,5-6,13H2,(H,14,17). The summed E-state index contributed by atoms with van der Waals surface area (Å²) in [4.78, 5) is 11.0. The van der Waals surface area contributed by atoms with E-state index in [9.17, 15) is 4.79 Å². The molecule has 0 saturated carbocycles. The lowest BCUT2D eigenvalue weighted by molar-refractivity contribution is -0.118. The van der Waals surface area contributed by atoms with E-state index in [-0.39, 0.29) is 11.7 Å². The Labute approximate surface area is 133 Å². The molecule has 2 aromatic rings. The first-order valence-electron chi connectivity index (χ1n) is 5.51. The molecule has 0 fully saturated rings. The zero-order valence-corrected chi connectivity index (χ0v) is 13.4. The Morgan fingerprint density at radius 2 is 2.00 bits per heavy atom. The lowest BCUT2D eigenvalue weighted by Gasteiger charge is -2.00. The summed E-state index contributed by atoms with van der Waals surface area (Å²) < 4.78 is 1.59. The number of halogens is 1. The molecule has 1 heterocycles. The van der Waals surface area contributed by atoms with E-state index in [0.29, 0.717) is 0 Å². The maximum absolute atomic E-state index is 11.0. The Hall–Kier alpha value is -0.800. The van der Waals surface area contributed by atoms with Crippen LogP contribution in [-0.2, 0) is 10.5 Å². The van der Waals surface area contributed by atoms with Crippen molar-refractivity contribution < 1.29 is 4.79 Å². The highest BCUT2D eigenvalue weighted by molar-refractivity contribution is 8.03. The van der Waals surface area contributed by atoms with Crippen LogP contribution in [0.4, 0.5) is 0 Å². The van der Waals surface area contributed by atoms with E-state index in [1.807, 2.05) is 24.3 Å². The Morgan fingerprint density at radius 1 is 1.30 bits per heavy atom. The van der Waals surface area contributed by atoms with Crippen LogP contribution in [0.5, 0.6) is 0 Å². The number of thioether (sulfide) groups is 2. The van der Waals surface area contributed by atoms with Crippen molar-refractivity contribution in [3.05, 3.63) is 34.9 Å². The minimum atomic E-state index is -0.240. The smallest absolute Gasteiger partial charge is 0.244 e. The van der Waals surface area contributed by atoms with Gasteiger partial charge in [0.05, 0.1) is 5.75 Å². The minimum Gasteiger partial charge on any atom is -0.294 e. The van der Waals surface area contributed by atoms with Crippen LogP contribution in [0.15, 0.2) is 32.9 Å². The van der Waals surface area contributed by atoms with Crippen molar-refractivity contribution in [1.29, 1.82) is 0 Å². The molecule has 3 N–H and O–H groups in total. The van der Waals surface area contributed by atoms with Gasteiger partial charge in [0.2, 0.25) is 5.91 Å². The monoisotopic (exact) mass is 346 g/mol. The summed E-state index contributed by atoms with van der Waals surface area (Å²) in [6, 6.07) is 7.70. The maximum atomic E-state index is 11.0. The van der Waals surface area contributed by atoms with E-state index in [0.717, 1.165) is 25.0 Å². The average molecular weight is 347 g/mol. The van der Waals surface area contributed by atoms with E-state index in [1.165, 1.54) is 23.1 Å². The largest absolute Gasteiger partial charge is 0.294 e. The van der Waals surface area contributed by atoms with Gasteiger partial charge in [0.15, 0.2) is 8.68 Å². The highest BCUT2D eigenvalue weighted by atomic mass is 35.5. The molecule has 0 saturated heterocycles. The Morgan fingerprint density at radius 3 is 2.70 bits per heavy atom. The van der Waals surface area contributed by atoms with Crippen LogP contribution in [0, 0.1) is 0 Å². The van der Waals surface area contributed by atoms with Gasteiger partial charge >= 0.3 is 0 Å². The molecular formula is C11H11ClN4OS3. The third-order valence-electron chi connectivity index (χ3n) is 2.18. The summed E-state index contributed by atoms with van der Waals surface area (Å²) in [6.45, 7) is 0. The SMILES string of the molecule is NNC(=O)CSc1nnc(SCc2ccccc2Cl)s1. The predicted octanol–water partition coefficient (Wildman–Crippen LogP) is 2.57. The Bertz CT molecular complexity index is 593. The number of carbonyl (C=O) groups is 1. The molecule has 9 heteroatoms. The molecule has 0 bridgehead atoms. The van der Waals surface area contributed by atoms with E-state index in [2.05, 4.69) is 15.6 Å². The van der Waals surface area contributed by atoms with Crippen LogP contribution < -0.4 is 11.3 Å². The number of aromatic nitrogens is 2. The number of nitrogens with one attached hydrogen (secondary N) is 1. The molecule has 1 aromatic carbocycles. The quantitative estimate of drug-likeness (QED) is 0.362. The number of nitrogens with two attached hydrogens (primary N) is 1. The molecule has 1 aromatic heterocycles. The van der Waals surface area contributed by atoms with Gasteiger partial charge in [-0.3, -0.25) is 10.2 Å². The number of hydrogen-bond donors (Lipinski definition) is 2. The van der Waals surface area contributed by atoms with Crippen LogP contribution in [0.1, 0.15) is 5.56 Å². The molecule has 0 atom stereocenters. The van der Waals surface area contributed by atoms with Gasteiger partial charge in [-0.1, -0.05) is 64.7 Å². The van der Waals surface area contributed by atoms with E-state index in [1.54, 1.807) is 11.8 Å².